The summed E-state index contributed by atoms with van der Waals surface area (Å²) in [6, 6.07) is 0. The highest BCUT2D eigenvalue weighted by Crippen LogP contribution is 2.17. The van der Waals surface area contributed by atoms with Crippen molar-refractivity contribution < 1.29 is 13.2 Å². The third kappa shape index (κ3) is 1.71. The first kappa shape index (κ1) is 10.5. The van der Waals surface area contributed by atoms with E-state index >= 15 is 0 Å². The Labute approximate surface area is 84.7 Å². The first-order chi connectivity index (χ1) is 7.38. The van der Waals surface area contributed by atoms with Crippen molar-refractivity contribution in [3.63, 3.8) is 0 Å². The summed E-state index contributed by atoms with van der Waals surface area (Å²) >= 11 is 0. The molecule has 9 heteroatoms. The lowest BCUT2D eigenvalue weighted by atomic mass is 10.5. The highest BCUT2D eigenvalue weighted by atomic mass is 19.4. The minimum atomic E-state index is -4.56. The Morgan fingerprint density at radius 3 is 2.69 bits per heavy atom. The highest BCUT2D eigenvalue weighted by molar-refractivity contribution is 5.68. The van der Waals surface area contributed by atoms with Gasteiger partial charge in [0.2, 0.25) is 0 Å². The molecule has 16 heavy (non-hydrogen) atoms. The molecule has 2 N–H and O–H groups in total. The van der Waals surface area contributed by atoms with Gasteiger partial charge in [-0.2, -0.15) is 13.2 Å². The average molecular weight is 234 g/mol. The van der Waals surface area contributed by atoms with E-state index in [-0.39, 0.29) is 11.2 Å². The number of aromatic nitrogens is 4. The first-order valence-electron chi connectivity index (χ1n) is 4.11. The smallest absolute Gasteiger partial charge is 0.339 e. The second kappa shape index (κ2) is 3.22. The van der Waals surface area contributed by atoms with Crippen LogP contribution in [0.3, 0.4) is 0 Å². The molecule has 0 aliphatic carbocycles. The number of hydrogen-bond acceptors (Lipinski definition) is 3. The molecule has 0 fully saturated rings. The van der Waals surface area contributed by atoms with Crippen LogP contribution in [-0.4, -0.2) is 25.7 Å². The van der Waals surface area contributed by atoms with Crippen molar-refractivity contribution in [1.82, 2.24) is 19.5 Å². The van der Waals surface area contributed by atoms with Gasteiger partial charge in [0, 0.05) is 0 Å². The summed E-state index contributed by atoms with van der Waals surface area (Å²) in [5, 5.41) is 0. The van der Waals surface area contributed by atoms with Crippen molar-refractivity contribution in [3.8, 4) is 0 Å². The summed E-state index contributed by atoms with van der Waals surface area (Å²) < 4.78 is 36.9. The Morgan fingerprint density at radius 1 is 1.38 bits per heavy atom. The molecular weight excluding hydrogens is 229 g/mol. The van der Waals surface area contributed by atoms with E-state index in [0.717, 1.165) is 6.33 Å². The number of nitrogens with zero attached hydrogens (tertiary/aromatic N) is 2. The van der Waals surface area contributed by atoms with Gasteiger partial charge in [-0.3, -0.25) is 14.3 Å². The molecule has 86 valence electrons. The SMILES string of the molecule is O=c1[nH]c(=O)n(CC(F)(F)F)c2nc[nH]c12. The quantitative estimate of drug-likeness (QED) is 0.727. The molecule has 2 rings (SSSR count). The van der Waals surface area contributed by atoms with Crippen molar-refractivity contribution in [2.24, 2.45) is 0 Å². The summed E-state index contributed by atoms with van der Waals surface area (Å²) in [6.07, 6.45) is -3.51. The molecule has 2 heterocycles. The van der Waals surface area contributed by atoms with Crippen LogP contribution in [0, 0.1) is 0 Å². The van der Waals surface area contributed by atoms with E-state index in [4.69, 9.17) is 0 Å². The number of alkyl halides is 3. The average Bonchev–Trinajstić information content (AvgIpc) is 2.59. The Balaban J connectivity index is 2.74. The standard InChI is InChI=1S/C7H5F3N4O2/c8-7(9,10)1-14-4-3(11-2-12-4)5(15)13-6(14)16/h2H,1H2,(H,11,12)(H,13,15,16). The summed E-state index contributed by atoms with van der Waals surface area (Å²) in [4.78, 5) is 30.0. The van der Waals surface area contributed by atoms with Crippen LogP contribution in [0.2, 0.25) is 0 Å². The number of H-pyrrole nitrogens is 2. The monoisotopic (exact) mass is 234 g/mol. The summed E-state index contributed by atoms with van der Waals surface area (Å²) in [5.41, 5.74) is -2.41. The molecule has 0 bridgehead atoms. The van der Waals surface area contributed by atoms with Gasteiger partial charge in [-0.05, 0) is 0 Å². The number of hydrogen-bond donors (Lipinski definition) is 2. The molecule has 0 saturated heterocycles. The molecule has 2 aromatic rings. The largest absolute Gasteiger partial charge is 0.406 e. The lowest BCUT2D eigenvalue weighted by Gasteiger charge is -2.08. The number of fused-ring (bicyclic) bond motifs is 1. The van der Waals surface area contributed by atoms with Crippen molar-refractivity contribution in [2.45, 2.75) is 12.7 Å². The molecule has 0 aliphatic heterocycles. The fraction of sp³-hybridized carbons (Fsp3) is 0.286. The molecule has 0 aliphatic rings. The van der Waals surface area contributed by atoms with E-state index in [2.05, 4.69) is 9.97 Å². The van der Waals surface area contributed by atoms with Crippen LogP contribution < -0.4 is 11.2 Å². The normalized spacial score (nSPS) is 12.2. The molecule has 0 spiro atoms. The molecule has 0 amide bonds. The summed E-state index contributed by atoms with van der Waals surface area (Å²) in [6.45, 7) is -1.50. The zero-order valence-electron chi connectivity index (χ0n) is 7.63. The maximum absolute atomic E-state index is 12.2. The third-order valence-electron chi connectivity index (χ3n) is 1.91. The van der Waals surface area contributed by atoms with Crippen LogP contribution in [0.4, 0.5) is 13.2 Å². The van der Waals surface area contributed by atoms with E-state index in [9.17, 15) is 22.8 Å². The lowest BCUT2D eigenvalue weighted by molar-refractivity contribution is -0.140. The number of aromatic amines is 2. The van der Waals surface area contributed by atoms with Gasteiger partial charge in [0.25, 0.3) is 5.56 Å². The lowest BCUT2D eigenvalue weighted by Crippen LogP contribution is -2.34. The van der Waals surface area contributed by atoms with Gasteiger partial charge in [0.15, 0.2) is 5.65 Å². The molecule has 6 nitrogen and oxygen atoms in total. The third-order valence-corrected chi connectivity index (χ3v) is 1.91. The van der Waals surface area contributed by atoms with E-state index in [1.54, 1.807) is 4.98 Å². The van der Waals surface area contributed by atoms with Gasteiger partial charge in [-0.1, -0.05) is 0 Å². The van der Waals surface area contributed by atoms with Gasteiger partial charge in [0.05, 0.1) is 6.33 Å². The molecule has 0 radical (unpaired) electrons. The van der Waals surface area contributed by atoms with Crippen LogP contribution >= 0.6 is 0 Å². The van der Waals surface area contributed by atoms with Crippen LogP contribution in [0.5, 0.6) is 0 Å². The fourth-order valence-electron chi connectivity index (χ4n) is 1.31. The minimum Gasteiger partial charge on any atom is -0.339 e. The van der Waals surface area contributed by atoms with Crippen LogP contribution in [0.1, 0.15) is 0 Å². The fourth-order valence-corrected chi connectivity index (χ4v) is 1.31. The van der Waals surface area contributed by atoms with Crippen LogP contribution in [0.15, 0.2) is 15.9 Å². The van der Waals surface area contributed by atoms with Crippen molar-refractivity contribution >= 4 is 11.2 Å². The predicted octanol–water partition coefficient (Wildman–Crippen LogP) is -0.0248. The topological polar surface area (TPSA) is 83.5 Å². The van der Waals surface area contributed by atoms with E-state index in [0.29, 0.717) is 4.57 Å². The zero-order valence-corrected chi connectivity index (χ0v) is 7.63. The Bertz CT molecular complexity index is 635. The van der Waals surface area contributed by atoms with Gasteiger partial charge in [-0.25, -0.2) is 9.78 Å². The van der Waals surface area contributed by atoms with Crippen LogP contribution in [-0.2, 0) is 6.54 Å². The Hall–Kier alpha value is -2.06. The second-order valence-corrected chi connectivity index (χ2v) is 3.06. The van der Waals surface area contributed by atoms with Crippen molar-refractivity contribution in [3.05, 3.63) is 27.2 Å². The van der Waals surface area contributed by atoms with Crippen molar-refractivity contribution in [2.75, 3.05) is 0 Å². The zero-order chi connectivity index (χ0) is 11.9. The van der Waals surface area contributed by atoms with E-state index < -0.39 is 24.0 Å². The number of halogens is 3. The molecule has 0 aromatic carbocycles. The summed E-state index contributed by atoms with van der Waals surface area (Å²) in [7, 11) is 0. The van der Waals surface area contributed by atoms with Crippen LogP contribution in [0.25, 0.3) is 11.2 Å². The van der Waals surface area contributed by atoms with E-state index in [1.165, 1.54) is 0 Å². The second-order valence-electron chi connectivity index (χ2n) is 3.06. The molecule has 0 atom stereocenters. The maximum Gasteiger partial charge on any atom is 0.406 e. The minimum absolute atomic E-state index is 0.163. The van der Waals surface area contributed by atoms with Gasteiger partial charge >= 0.3 is 11.9 Å². The Kier molecular flexibility index (Phi) is 2.10. The maximum atomic E-state index is 12.2. The molecule has 0 unspecified atom stereocenters. The summed E-state index contributed by atoms with van der Waals surface area (Å²) in [5.74, 6) is 0. The highest BCUT2D eigenvalue weighted by Gasteiger charge is 2.30. The molecule has 0 saturated carbocycles. The molecular formula is C7H5F3N4O2. The first-order valence-corrected chi connectivity index (χ1v) is 4.11. The van der Waals surface area contributed by atoms with Crippen molar-refractivity contribution in [1.29, 1.82) is 0 Å². The number of imidazole rings is 1. The number of rotatable bonds is 1. The van der Waals surface area contributed by atoms with Gasteiger partial charge in [0.1, 0.15) is 12.1 Å². The van der Waals surface area contributed by atoms with E-state index in [1.807, 2.05) is 0 Å². The molecule has 2 aromatic heterocycles. The predicted molar refractivity (Wildman–Crippen MR) is 47.0 cm³/mol. The number of nitrogens with one attached hydrogen (secondary N) is 2. The Morgan fingerprint density at radius 2 is 2.06 bits per heavy atom. The van der Waals surface area contributed by atoms with Gasteiger partial charge < -0.3 is 4.98 Å². The van der Waals surface area contributed by atoms with Gasteiger partial charge in [-0.15, -0.1) is 0 Å².